The number of nitrogens with zero attached hydrogens (tertiary/aromatic N) is 1. The van der Waals surface area contributed by atoms with Gasteiger partial charge in [-0.05, 0) is 63.6 Å². The third kappa shape index (κ3) is 12.1. The lowest BCUT2D eigenvalue weighted by molar-refractivity contribution is -0.163. The van der Waals surface area contributed by atoms with E-state index >= 15 is 0 Å². The molecule has 12 nitrogen and oxygen atoms in total. The Morgan fingerprint density at radius 2 is 1.58 bits per heavy atom. The predicted octanol–water partition coefficient (Wildman–Crippen LogP) is 4.41. The van der Waals surface area contributed by atoms with Crippen LogP contribution in [0.25, 0.3) is 0 Å². The quantitative estimate of drug-likeness (QED) is 0.202. The molecule has 0 aromatic heterocycles. The highest BCUT2D eigenvalue weighted by Gasteiger charge is 2.34. The zero-order valence-corrected chi connectivity index (χ0v) is 28.9. The van der Waals surface area contributed by atoms with Crippen molar-refractivity contribution in [3.05, 3.63) is 62.1 Å². The molecule has 2 aromatic carbocycles. The summed E-state index contributed by atoms with van der Waals surface area (Å²) in [6.07, 6.45) is -3.94. The Kier molecular flexibility index (Phi) is 15.6. The third-order valence-corrected chi connectivity index (χ3v) is 9.07. The topological polar surface area (TPSA) is 166 Å². The van der Waals surface area contributed by atoms with E-state index in [1.807, 2.05) is 0 Å². The molecule has 250 valence electrons. The van der Waals surface area contributed by atoms with Gasteiger partial charge < -0.3 is 30.2 Å². The van der Waals surface area contributed by atoms with Crippen molar-refractivity contribution < 1.29 is 37.0 Å². The molecule has 0 saturated carbocycles. The number of primary amides is 1. The fourth-order valence-corrected chi connectivity index (χ4v) is 6.22. The van der Waals surface area contributed by atoms with E-state index < -0.39 is 52.9 Å². The Bertz CT molecular complexity index is 1440. The maximum Gasteiger partial charge on any atom is 0.405 e. The highest BCUT2D eigenvalue weighted by Crippen LogP contribution is 2.25. The first-order chi connectivity index (χ1) is 21.1. The minimum Gasteiger partial charge on any atom is -0.435 e. The van der Waals surface area contributed by atoms with Crippen LogP contribution in [0.5, 0.6) is 0 Å². The number of nitrogens with one attached hydrogen (secondary N) is 2. The first-order valence-corrected chi connectivity index (χ1v) is 16.8. The summed E-state index contributed by atoms with van der Waals surface area (Å²) in [5.41, 5.74) is 5.73. The van der Waals surface area contributed by atoms with Gasteiger partial charge in [0.15, 0.2) is 12.4 Å². The molecule has 2 atom stereocenters. The van der Waals surface area contributed by atoms with Crippen LogP contribution in [-0.2, 0) is 40.2 Å². The van der Waals surface area contributed by atoms with Crippen molar-refractivity contribution in [2.24, 2.45) is 5.73 Å². The average Bonchev–Trinajstić information content (AvgIpc) is 2.94. The standard InChI is InChI=1S/C28H36Cl4N4O8S/c1-5-42-25(43-6-2)15-36(16(3)4)27(38)22(12-17-7-9-19(30)20(31)11-17)35-26(37)23(44-28(33)39)14-34-45(40,41)24-10-8-18(29)13-21(24)32/h7-11,13,16,22-23,25,34H,5-6,12,14-15H2,1-4H3,(H2,33,39)(H,35,37). The number of rotatable bonds is 17. The molecule has 0 saturated heterocycles. The first kappa shape index (κ1) is 38.8. The Balaban J connectivity index is 2.41. The second-order valence-corrected chi connectivity index (χ2v) is 13.2. The number of hydrogen-bond donors (Lipinski definition) is 3. The number of carbonyl (C=O) groups excluding carboxylic acids is 3. The van der Waals surface area contributed by atoms with Gasteiger partial charge in [-0.1, -0.05) is 52.5 Å². The molecule has 0 aliphatic carbocycles. The molecule has 0 aliphatic rings. The molecule has 0 bridgehead atoms. The Labute approximate surface area is 282 Å². The summed E-state index contributed by atoms with van der Waals surface area (Å²) in [4.78, 5) is 40.3. The largest absolute Gasteiger partial charge is 0.435 e. The second-order valence-electron chi connectivity index (χ2n) is 9.79. The zero-order chi connectivity index (χ0) is 33.9. The van der Waals surface area contributed by atoms with Gasteiger partial charge in [0.2, 0.25) is 15.9 Å². The van der Waals surface area contributed by atoms with E-state index in [-0.39, 0.29) is 44.0 Å². The summed E-state index contributed by atoms with van der Waals surface area (Å²) in [7, 11) is -4.31. The van der Waals surface area contributed by atoms with Crippen molar-refractivity contribution in [1.29, 1.82) is 0 Å². The van der Waals surface area contributed by atoms with E-state index in [1.165, 1.54) is 23.1 Å². The molecule has 0 aliphatic heterocycles. The molecular weight excluding hydrogens is 694 g/mol. The molecule has 45 heavy (non-hydrogen) atoms. The second kappa shape index (κ2) is 18.1. The molecule has 0 heterocycles. The Morgan fingerprint density at radius 3 is 2.11 bits per heavy atom. The number of halogens is 4. The molecular formula is C28H36Cl4N4O8S. The van der Waals surface area contributed by atoms with Crippen LogP contribution in [-0.4, -0.2) is 82.0 Å². The van der Waals surface area contributed by atoms with Crippen molar-refractivity contribution >= 4 is 74.3 Å². The number of sulfonamides is 1. The van der Waals surface area contributed by atoms with Crippen molar-refractivity contribution in [2.75, 3.05) is 26.3 Å². The van der Waals surface area contributed by atoms with Gasteiger partial charge in [0.25, 0.3) is 5.91 Å². The van der Waals surface area contributed by atoms with E-state index in [0.717, 1.165) is 0 Å². The summed E-state index contributed by atoms with van der Waals surface area (Å²) in [5.74, 6) is -1.54. The van der Waals surface area contributed by atoms with Crippen LogP contribution in [0.1, 0.15) is 33.3 Å². The number of nitrogens with two attached hydrogens (primary N) is 1. The van der Waals surface area contributed by atoms with Crippen molar-refractivity contribution in [3.63, 3.8) is 0 Å². The molecule has 2 aromatic rings. The smallest absolute Gasteiger partial charge is 0.405 e. The van der Waals surface area contributed by atoms with Gasteiger partial charge in [0.1, 0.15) is 10.9 Å². The monoisotopic (exact) mass is 728 g/mol. The average molecular weight is 730 g/mol. The third-order valence-electron chi connectivity index (χ3n) is 6.19. The van der Waals surface area contributed by atoms with E-state index in [1.54, 1.807) is 45.9 Å². The summed E-state index contributed by atoms with van der Waals surface area (Å²) in [5, 5.41) is 3.12. The van der Waals surface area contributed by atoms with Crippen LogP contribution >= 0.6 is 46.4 Å². The molecule has 4 N–H and O–H groups in total. The highest BCUT2D eigenvalue weighted by atomic mass is 35.5. The van der Waals surface area contributed by atoms with Gasteiger partial charge in [-0.2, -0.15) is 0 Å². The Morgan fingerprint density at radius 1 is 0.933 bits per heavy atom. The van der Waals surface area contributed by atoms with Gasteiger partial charge in [0, 0.05) is 30.7 Å². The van der Waals surface area contributed by atoms with Crippen LogP contribution in [0.3, 0.4) is 0 Å². The fraction of sp³-hybridized carbons (Fsp3) is 0.464. The van der Waals surface area contributed by atoms with Crippen molar-refractivity contribution in [3.8, 4) is 0 Å². The summed E-state index contributed by atoms with van der Waals surface area (Å²) in [6, 6.07) is 6.81. The SMILES string of the molecule is CCOC(CN(C(=O)C(Cc1ccc(Cl)c(Cl)c1)NC(=O)C(CNS(=O)(=O)c1ccc(Cl)cc1Cl)OC(N)=O)C(C)C)OCC. The lowest BCUT2D eigenvalue weighted by atomic mass is 10.0. The number of benzene rings is 2. The molecule has 0 fully saturated rings. The highest BCUT2D eigenvalue weighted by molar-refractivity contribution is 7.89. The maximum atomic E-state index is 14.0. The molecule has 2 rings (SSSR count). The van der Waals surface area contributed by atoms with Gasteiger partial charge in [0.05, 0.1) is 28.2 Å². The minimum absolute atomic E-state index is 0.0365. The van der Waals surface area contributed by atoms with Crippen molar-refractivity contribution in [2.45, 2.75) is 63.5 Å². The van der Waals surface area contributed by atoms with Gasteiger partial charge in [-0.3, -0.25) is 9.59 Å². The molecule has 17 heteroatoms. The van der Waals surface area contributed by atoms with E-state index in [4.69, 9.17) is 66.3 Å². The Hall–Kier alpha value is -2.36. The number of carbonyl (C=O) groups is 3. The van der Waals surface area contributed by atoms with Crippen LogP contribution in [0.2, 0.25) is 20.1 Å². The zero-order valence-electron chi connectivity index (χ0n) is 25.0. The van der Waals surface area contributed by atoms with Gasteiger partial charge in [-0.25, -0.2) is 17.9 Å². The minimum atomic E-state index is -4.31. The lowest BCUT2D eigenvalue weighted by Crippen LogP contribution is -2.56. The molecule has 0 spiro atoms. The van der Waals surface area contributed by atoms with Crippen LogP contribution < -0.4 is 15.8 Å². The van der Waals surface area contributed by atoms with Crippen LogP contribution in [0.4, 0.5) is 4.79 Å². The molecule has 0 radical (unpaired) electrons. The molecule has 3 amide bonds. The number of amides is 3. The molecule has 2 unspecified atom stereocenters. The lowest BCUT2D eigenvalue weighted by Gasteiger charge is -2.34. The summed E-state index contributed by atoms with van der Waals surface area (Å²) in [6.45, 7) is 7.09. The maximum absolute atomic E-state index is 14.0. The predicted molar refractivity (Wildman–Crippen MR) is 172 cm³/mol. The van der Waals surface area contributed by atoms with E-state index in [2.05, 4.69) is 10.0 Å². The number of hydrogen-bond acceptors (Lipinski definition) is 8. The normalized spacial score (nSPS) is 13.0. The van der Waals surface area contributed by atoms with Crippen LogP contribution in [0.15, 0.2) is 41.3 Å². The first-order valence-electron chi connectivity index (χ1n) is 13.8. The summed E-state index contributed by atoms with van der Waals surface area (Å²) < 4.78 is 44.2. The van der Waals surface area contributed by atoms with E-state index in [9.17, 15) is 22.8 Å². The van der Waals surface area contributed by atoms with Gasteiger partial charge >= 0.3 is 6.09 Å². The number of ether oxygens (including phenoxy) is 3. The fourth-order valence-electron chi connectivity index (χ4n) is 4.09. The van der Waals surface area contributed by atoms with Gasteiger partial charge in [-0.15, -0.1) is 0 Å². The van der Waals surface area contributed by atoms with Crippen molar-refractivity contribution in [1.82, 2.24) is 14.9 Å². The summed E-state index contributed by atoms with van der Waals surface area (Å²) >= 11 is 24.2. The van der Waals surface area contributed by atoms with E-state index in [0.29, 0.717) is 18.8 Å². The van der Waals surface area contributed by atoms with Crippen LogP contribution in [0, 0.1) is 0 Å².